The quantitative estimate of drug-likeness (QED) is 0.421. The second-order valence-electron chi connectivity index (χ2n) is 8.39. The summed E-state index contributed by atoms with van der Waals surface area (Å²) >= 11 is 0. The first-order chi connectivity index (χ1) is 16.8. The monoisotopic (exact) mass is 480 g/mol. The van der Waals surface area contributed by atoms with Gasteiger partial charge in [-0.15, -0.1) is 0 Å². The molecule has 178 valence electrons. The summed E-state index contributed by atoms with van der Waals surface area (Å²) in [6, 6.07) is 10.4. The Bertz CT molecular complexity index is 1520. The number of pyridine rings is 2. The van der Waals surface area contributed by atoms with E-state index in [1.807, 2.05) is 6.07 Å². The molecule has 11 heteroatoms. The van der Waals surface area contributed by atoms with Crippen molar-refractivity contribution in [1.82, 2.24) is 19.3 Å². The Balaban J connectivity index is 1.50. The Morgan fingerprint density at radius 3 is 2.74 bits per heavy atom. The molecular weight excluding hydrogens is 461 g/mol. The summed E-state index contributed by atoms with van der Waals surface area (Å²) in [6.07, 6.45) is 3.73. The van der Waals surface area contributed by atoms with Crippen molar-refractivity contribution in [1.29, 1.82) is 5.26 Å². The number of anilines is 1. The third kappa shape index (κ3) is 4.13. The van der Waals surface area contributed by atoms with Crippen LogP contribution in [0.3, 0.4) is 0 Å². The summed E-state index contributed by atoms with van der Waals surface area (Å²) in [5.41, 5.74) is 0.712. The van der Waals surface area contributed by atoms with E-state index in [1.54, 1.807) is 24.3 Å². The van der Waals surface area contributed by atoms with Crippen molar-refractivity contribution < 1.29 is 18.3 Å². The van der Waals surface area contributed by atoms with E-state index in [4.69, 9.17) is 0 Å². The standard InChI is InChI=1S/C24H19F3N6O2/c25-18-4-2-1-3-14(18)12-33-20-5-6-32(23(35)16(20)11-30-33)21-7-22(29-10-15(21)9-28)31-19(13-34)17-8-24(17,26)27/h1-7,10-11,17,19,34H,8,12-13H2,(H,29,31). The number of nitrogens with zero attached hydrogens (tertiary/aromatic N) is 5. The predicted octanol–water partition coefficient (Wildman–Crippen LogP) is 3.07. The van der Waals surface area contributed by atoms with Crippen molar-refractivity contribution in [2.45, 2.75) is 24.9 Å². The molecule has 2 N–H and O–H groups in total. The molecule has 4 aromatic rings. The van der Waals surface area contributed by atoms with E-state index >= 15 is 0 Å². The smallest absolute Gasteiger partial charge is 0.266 e. The number of hydrogen-bond acceptors (Lipinski definition) is 6. The van der Waals surface area contributed by atoms with E-state index in [0.29, 0.717) is 11.1 Å². The number of hydrogen-bond donors (Lipinski definition) is 2. The molecule has 0 saturated heterocycles. The third-order valence-corrected chi connectivity index (χ3v) is 6.14. The van der Waals surface area contributed by atoms with E-state index in [0.717, 1.165) is 0 Å². The molecule has 1 aromatic carbocycles. The van der Waals surface area contributed by atoms with Crippen LogP contribution in [0.5, 0.6) is 0 Å². The molecule has 0 radical (unpaired) electrons. The molecule has 1 saturated carbocycles. The molecule has 1 aliphatic carbocycles. The second kappa shape index (κ2) is 8.56. The molecule has 35 heavy (non-hydrogen) atoms. The van der Waals surface area contributed by atoms with Crippen LogP contribution in [0.1, 0.15) is 17.5 Å². The van der Waals surface area contributed by atoms with E-state index < -0.39 is 30.0 Å². The summed E-state index contributed by atoms with van der Waals surface area (Å²) in [5.74, 6) is -4.11. The number of nitriles is 1. The van der Waals surface area contributed by atoms with Gasteiger partial charge in [0.1, 0.15) is 17.7 Å². The van der Waals surface area contributed by atoms with Crippen molar-refractivity contribution >= 4 is 16.7 Å². The molecule has 1 fully saturated rings. The van der Waals surface area contributed by atoms with Crippen LogP contribution in [0.25, 0.3) is 16.6 Å². The molecule has 0 bridgehead atoms. The normalized spacial score (nSPS) is 17.2. The van der Waals surface area contributed by atoms with Gasteiger partial charge in [0.25, 0.3) is 11.5 Å². The molecule has 2 unspecified atom stereocenters. The van der Waals surface area contributed by atoms with Crippen LogP contribution in [0.15, 0.2) is 59.8 Å². The Labute approximate surface area is 196 Å². The van der Waals surface area contributed by atoms with Gasteiger partial charge < -0.3 is 10.4 Å². The van der Waals surface area contributed by atoms with Crippen LogP contribution in [0.4, 0.5) is 19.0 Å². The fourth-order valence-corrected chi connectivity index (χ4v) is 4.13. The van der Waals surface area contributed by atoms with Gasteiger partial charge in [-0.05, 0) is 12.1 Å². The Kier molecular flexibility index (Phi) is 5.53. The van der Waals surface area contributed by atoms with Gasteiger partial charge >= 0.3 is 0 Å². The average Bonchev–Trinajstić information content (AvgIpc) is 3.29. The number of benzene rings is 1. The number of nitrogens with one attached hydrogen (secondary N) is 1. The first-order valence-corrected chi connectivity index (χ1v) is 10.8. The van der Waals surface area contributed by atoms with Crippen LogP contribution in [-0.2, 0) is 6.54 Å². The summed E-state index contributed by atoms with van der Waals surface area (Å²) in [7, 11) is 0. The minimum Gasteiger partial charge on any atom is -0.394 e. The lowest BCUT2D eigenvalue weighted by molar-refractivity contribution is 0.0881. The van der Waals surface area contributed by atoms with Gasteiger partial charge in [0.05, 0.1) is 53.5 Å². The number of alkyl halides is 2. The largest absolute Gasteiger partial charge is 0.394 e. The molecule has 8 nitrogen and oxygen atoms in total. The predicted molar refractivity (Wildman–Crippen MR) is 121 cm³/mol. The van der Waals surface area contributed by atoms with E-state index in [-0.39, 0.29) is 41.2 Å². The van der Waals surface area contributed by atoms with Gasteiger partial charge in [-0.25, -0.2) is 18.2 Å². The molecule has 1 aliphatic rings. The average molecular weight is 480 g/mol. The van der Waals surface area contributed by atoms with Gasteiger partial charge in [0.2, 0.25) is 0 Å². The van der Waals surface area contributed by atoms with Crippen LogP contribution in [-0.4, -0.2) is 43.0 Å². The highest BCUT2D eigenvalue weighted by Crippen LogP contribution is 2.51. The summed E-state index contributed by atoms with van der Waals surface area (Å²) in [5, 5.41) is 26.4. The van der Waals surface area contributed by atoms with E-state index in [1.165, 1.54) is 40.0 Å². The Morgan fingerprint density at radius 1 is 1.29 bits per heavy atom. The molecule has 3 aromatic heterocycles. The number of rotatable bonds is 7. The highest BCUT2D eigenvalue weighted by atomic mass is 19.3. The minimum absolute atomic E-state index is 0.0908. The number of fused-ring (bicyclic) bond motifs is 1. The molecular formula is C24H19F3N6O2. The minimum atomic E-state index is -2.85. The Morgan fingerprint density at radius 2 is 2.06 bits per heavy atom. The lowest BCUT2D eigenvalue weighted by Gasteiger charge is -2.17. The molecule has 0 aliphatic heterocycles. The van der Waals surface area contributed by atoms with Crippen LogP contribution < -0.4 is 10.9 Å². The van der Waals surface area contributed by atoms with Crippen molar-refractivity contribution in [2.75, 3.05) is 11.9 Å². The number of aliphatic hydroxyl groups is 1. The zero-order valence-electron chi connectivity index (χ0n) is 18.2. The van der Waals surface area contributed by atoms with Crippen molar-refractivity contribution in [3.05, 3.63) is 82.3 Å². The topological polar surface area (TPSA) is 109 Å². The van der Waals surface area contributed by atoms with E-state index in [2.05, 4.69) is 15.4 Å². The number of aliphatic hydroxyl groups excluding tert-OH is 1. The zero-order chi connectivity index (χ0) is 24.7. The van der Waals surface area contributed by atoms with Crippen LogP contribution >= 0.6 is 0 Å². The maximum atomic E-state index is 14.1. The first-order valence-electron chi connectivity index (χ1n) is 10.8. The van der Waals surface area contributed by atoms with Gasteiger partial charge in [0, 0.05) is 30.4 Å². The highest BCUT2D eigenvalue weighted by molar-refractivity contribution is 5.78. The fourth-order valence-electron chi connectivity index (χ4n) is 4.13. The van der Waals surface area contributed by atoms with Crippen LogP contribution in [0, 0.1) is 23.1 Å². The van der Waals surface area contributed by atoms with E-state index in [9.17, 15) is 28.3 Å². The zero-order valence-corrected chi connectivity index (χ0v) is 18.2. The number of aromatic nitrogens is 4. The third-order valence-electron chi connectivity index (χ3n) is 6.14. The second-order valence-corrected chi connectivity index (χ2v) is 8.39. The fraction of sp³-hybridized carbons (Fsp3) is 0.250. The maximum Gasteiger partial charge on any atom is 0.266 e. The SMILES string of the molecule is N#Cc1cnc(NC(CO)C2CC2(F)F)cc1-n1ccc2c(cnn2Cc2ccccc2F)c1=O. The van der Waals surface area contributed by atoms with Crippen molar-refractivity contribution in [3.8, 4) is 11.8 Å². The van der Waals surface area contributed by atoms with Crippen molar-refractivity contribution in [3.63, 3.8) is 0 Å². The molecule has 0 spiro atoms. The lowest BCUT2D eigenvalue weighted by Crippen LogP contribution is -2.29. The molecule has 0 amide bonds. The van der Waals surface area contributed by atoms with Crippen LogP contribution in [0.2, 0.25) is 0 Å². The summed E-state index contributed by atoms with van der Waals surface area (Å²) in [6.45, 7) is -0.398. The van der Waals surface area contributed by atoms with Gasteiger partial charge in [0.15, 0.2) is 0 Å². The molecule has 2 atom stereocenters. The van der Waals surface area contributed by atoms with Crippen molar-refractivity contribution in [2.24, 2.45) is 5.92 Å². The molecule has 3 heterocycles. The lowest BCUT2D eigenvalue weighted by atomic mass is 10.2. The summed E-state index contributed by atoms with van der Waals surface area (Å²) < 4.78 is 43.8. The Hall–Kier alpha value is -4.17. The van der Waals surface area contributed by atoms with Gasteiger partial charge in [-0.3, -0.25) is 14.0 Å². The first kappa shape index (κ1) is 22.6. The highest BCUT2D eigenvalue weighted by Gasteiger charge is 2.60. The maximum absolute atomic E-state index is 14.1. The molecule has 5 rings (SSSR count). The number of halogens is 3. The summed E-state index contributed by atoms with van der Waals surface area (Å²) in [4.78, 5) is 17.3. The van der Waals surface area contributed by atoms with Gasteiger partial charge in [-0.2, -0.15) is 10.4 Å². The van der Waals surface area contributed by atoms with Gasteiger partial charge in [-0.1, -0.05) is 18.2 Å².